The highest BCUT2D eigenvalue weighted by Gasteiger charge is 2.10. The van der Waals surface area contributed by atoms with Crippen LogP contribution in [-0.2, 0) is 4.79 Å². The number of nitrogens with zero attached hydrogens (tertiary/aromatic N) is 1. The Kier molecular flexibility index (Phi) is 7.62. The fraction of sp³-hybridized carbons (Fsp3) is 0.111. The first-order valence-electron chi connectivity index (χ1n) is 10.7. The first-order valence-corrected chi connectivity index (χ1v) is 11.9. The van der Waals surface area contributed by atoms with Crippen LogP contribution in [0, 0.1) is 0 Å². The second kappa shape index (κ2) is 11.0. The van der Waals surface area contributed by atoms with E-state index in [1.54, 1.807) is 13.2 Å². The van der Waals surface area contributed by atoms with Crippen LogP contribution in [0.25, 0.3) is 27.9 Å². The van der Waals surface area contributed by atoms with E-state index < -0.39 is 0 Å². The Labute approximate surface area is 207 Å². The number of benzene rings is 3. The Morgan fingerprint density at radius 3 is 2.74 bits per heavy atom. The zero-order valence-electron chi connectivity index (χ0n) is 18.7. The predicted molar refractivity (Wildman–Crippen MR) is 140 cm³/mol. The van der Waals surface area contributed by atoms with Crippen molar-refractivity contribution in [3.8, 4) is 33.3 Å². The Balaban J connectivity index is 1.46. The third kappa shape index (κ3) is 5.65. The summed E-state index contributed by atoms with van der Waals surface area (Å²) in [6, 6.07) is 20.8. The molecule has 4 rings (SSSR count). The second-order valence-electron chi connectivity index (χ2n) is 7.26. The van der Waals surface area contributed by atoms with Crippen molar-refractivity contribution in [2.75, 3.05) is 19.0 Å². The fourth-order valence-electron chi connectivity index (χ4n) is 3.34. The SMILES string of the molecule is CCOc1ccc(/C=C/C(=O)Nc2cccc(-c3csc(-c4ccccc4Cl)n3)c2)cc1OC. The summed E-state index contributed by atoms with van der Waals surface area (Å²) in [5.74, 6) is 1.06. The smallest absolute Gasteiger partial charge is 0.248 e. The van der Waals surface area contributed by atoms with Crippen molar-refractivity contribution in [1.82, 2.24) is 4.98 Å². The van der Waals surface area contributed by atoms with Gasteiger partial charge in [-0.25, -0.2) is 4.98 Å². The number of methoxy groups -OCH3 is 1. The monoisotopic (exact) mass is 490 g/mol. The van der Waals surface area contributed by atoms with Gasteiger partial charge in [0.15, 0.2) is 11.5 Å². The van der Waals surface area contributed by atoms with E-state index in [0.717, 1.165) is 27.4 Å². The summed E-state index contributed by atoms with van der Waals surface area (Å²) in [4.78, 5) is 17.2. The maximum atomic E-state index is 12.5. The summed E-state index contributed by atoms with van der Waals surface area (Å²) in [7, 11) is 1.59. The predicted octanol–water partition coefficient (Wildman–Crippen LogP) is 7.19. The molecule has 1 aromatic heterocycles. The van der Waals surface area contributed by atoms with E-state index in [1.165, 1.54) is 17.4 Å². The van der Waals surface area contributed by atoms with Crippen molar-refractivity contribution in [3.63, 3.8) is 0 Å². The Morgan fingerprint density at radius 2 is 1.94 bits per heavy atom. The molecule has 34 heavy (non-hydrogen) atoms. The lowest BCUT2D eigenvalue weighted by Gasteiger charge is -2.09. The number of anilines is 1. The summed E-state index contributed by atoms with van der Waals surface area (Å²) in [5.41, 5.74) is 4.16. The minimum atomic E-state index is -0.236. The maximum Gasteiger partial charge on any atom is 0.248 e. The fourth-order valence-corrected chi connectivity index (χ4v) is 4.49. The molecule has 0 radical (unpaired) electrons. The second-order valence-corrected chi connectivity index (χ2v) is 8.53. The molecule has 7 heteroatoms. The van der Waals surface area contributed by atoms with E-state index in [0.29, 0.717) is 28.8 Å². The highest BCUT2D eigenvalue weighted by atomic mass is 35.5. The van der Waals surface area contributed by atoms with Gasteiger partial charge in [0.2, 0.25) is 5.91 Å². The molecule has 0 fully saturated rings. The number of thiazole rings is 1. The lowest BCUT2D eigenvalue weighted by Crippen LogP contribution is -2.07. The van der Waals surface area contributed by atoms with Crippen LogP contribution in [0.1, 0.15) is 12.5 Å². The topological polar surface area (TPSA) is 60.5 Å². The third-order valence-electron chi connectivity index (χ3n) is 4.95. The van der Waals surface area contributed by atoms with Gasteiger partial charge in [0, 0.05) is 28.3 Å². The maximum absolute atomic E-state index is 12.5. The van der Waals surface area contributed by atoms with E-state index in [1.807, 2.05) is 79.0 Å². The van der Waals surface area contributed by atoms with Crippen LogP contribution < -0.4 is 14.8 Å². The summed E-state index contributed by atoms with van der Waals surface area (Å²) in [6.07, 6.45) is 3.22. The highest BCUT2D eigenvalue weighted by molar-refractivity contribution is 7.13. The molecule has 0 aliphatic carbocycles. The van der Waals surface area contributed by atoms with Crippen LogP contribution in [0.5, 0.6) is 11.5 Å². The van der Waals surface area contributed by atoms with E-state index in [4.69, 9.17) is 26.1 Å². The molecule has 1 heterocycles. The van der Waals surface area contributed by atoms with Gasteiger partial charge in [-0.2, -0.15) is 0 Å². The van der Waals surface area contributed by atoms with Gasteiger partial charge >= 0.3 is 0 Å². The number of carbonyl (C=O) groups is 1. The lowest BCUT2D eigenvalue weighted by atomic mass is 10.1. The quantitative estimate of drug-likeness (QED) is 0.265. The Morgan fingerprint density at radius 1 is 1.09 bits per heavy atom. The number of rotatable bonds is 8. The summed E-state index contributed by atoms with van der Waals surface area (Å²) in [6.45, 7) is 2.47. The number of amides is 1. The van der Waals surface area contributed by atoms with Crippen LogP contribution in [-0.4, -0.2) is 24.6 Å². The van der Waals surface area contributed by atoms with Crippen molar-refractivity contribution in [2.45, 2.75) is 6.92 Å². The summed E-state index contributed by atoms with van der Waals surface area (Å²) in [5, 5.41) is 6.41. The Bertz CT molecular complexity index is 1330. The van der Waals surface area contributed by atoms with Gasteiger partial charge in [-0.3, -0.25) is 4.79 Å². The molecule has 0 aliphatic rings. The molecule has 5 nitrogen and oxygen atoms in total. The molecule has 1 N–H and O–H groups in total. The van der Waals surface area contributed by atoms with Crippen LogP contribution in [0.3, 0.4) is 0 Å². The van der Waals surface area contributed by atoms with Crippen molar-refractivity contribution < 1.29 is 14.3 Å². The normalized spacial score (nSPS) is 10.9. The van der Waals surface area contributed by atoms with Gasteiger partial charge < -0.3 is 14.8 Å². The van der Waals surface area contributed by atoms with Crippen LogP contribution in [0.15, 0.2) is 78.2 Å². The molecule has 4 aromatic rings. The van der Waals surface area contributed by atoms with Gasteiger partial charge in [0.1, 0.15) is 5.01 Å². The van der Waals surface area contributed by atoms with Crippen molar-refractivity contribution in [2.24, 2.45) is 0 Å². The molecule has 0 saturated carbocycles. The molecule has 0 spiro atoms. The number of hydrogen-bond acceptors (Lipinski definition) is 5. The first kappa shape index (κ1) is 23.5. The molecule has 0 saturated heterocycles. The first-order chi connectivity index (χ1) is 16.6. The molecule has 3 aromatic carbocycles. The largest absolute Gasteiger partial charge is 0.493 e. The standard InChI is InChI=1S/C27H23ClN2O3S/c1-3-33-24-13-11-18(15-25(24)32-2)12-14-26(31)29-20-8-6-7-19(16-20)23-17-34-27(30-23)21-9-4-5-10-22(21)28/h4-17H,3H2,1-2H3,(H,29,31)/b14-12+. The highest BCUT2D eigenvalue weighted by Crippen LogP contribution is 2.33. The Hall–Kier alpha value is -3.61. The van der Waals surface area contributed by atoms with Gasteiger partial charge in [-0.05, 0) is 48.9 Å². The average molecular weight is 491 g/mol. The average Bonchev–Trinajstić information content (AvgIpc) is 3.34. The number of ether oxygens (including phenoxy) is 2. The van der Waals surface area contributed by atoms with Gasteiger partial charge in [-0.1, -0.05) is 48.0 Å². The zero-order chi connectivity index (χ0) is 23.9. The molecule has 0 atom stereocenters. The number of carbonyl (C=O) groups excluding carboxylic acids is 1. The van der Waals surface area contributed by atoms with Crippen LogP contribution >= 0.6 is 22.9 Å². The van der Waals surface area contributed by atoms with Crippen LogP contribution in [0.4, 0.5) is 5.69 Å². The number of nitrogens with one attached hydrogen (secondary N) is 1. The van der Waals surface area contributed by atoms with E-state index in [-0.39, 0.29) is 5.91 Å². The van der Waals surface area contributed by atoms with Gasteiger partial charge in [-0.15, -0.1) is 11.3 Å². The molecule has 0 aliphatic heterocycles. The lowest BCUT2D eigenvalue weighted by molar-refractivity contribution is -0.111. The van der Waals surface area contributed by atoms with Crippen molar-refractivity contribution >= 4 is 40.6 Å². The number of hydrogen-bond donors (Lipinski definition) is 1. The molecule has 172 valence electrons. The zero-order valence-corrected chi connectivity index (χ0v) is 20.3. The summed E-state index contributed by atoms with van der Waals surface area (Å²) >= 11 is 7.84. The number of halogens is 1. The summed E-state index contributed by atoms with van der Waals surface area (Å²) < 4.78 is 10.9. The molecular weight excluding hydrogens is 468 g/mol. The van der Waals surface area contributed by atoms with E-state index in [9.17, 15) is 4.79 Å². The number of aromatic nitrogens is 1. The molecular formula is C27H23ClN2O3S. The van der Waals surface area contributed by atoms with E-state index >= 15 is 0 Å². The molecule has 0 unspecified atom stereocenters. The van der Waals surface area contributed by atoms with Crippen molar-refractivity contribution in [3.05, 3.63) is 88.8 Å². The molecule has 1 amide bonds. The van der Waals surface area contributed by atoms with Gasteiger partial charge in [0.25, 0.3) is 0 Å². The third-order valence-corrected chi connectivity index (χ3v) is 6.15. The minimum Gasteiger partial charge on any atom is -0.493 e. The van der Waals surface area contributed by atoms with Crippen molar-refractivity contribution in [1.29, 1.82) is 0 Å². The van der Waals surface area contributed by atoms with Gasteiger partial charge in [0.05, 0.1) is 24.4 Å². The van der Waals surface area contributed by atoms with Crippen LogP contribution in [0.2, 0.25) is 5.02 Å². The minimum absolute atomic E-state index is 0.236. The van der Waals surface area contributed by atoms with E-state index in [2.05, 4.69) is 5.32 Å². The molecule has 0 bridgehead atoms.